The topological polar surface area (TPSA) is 98.9 Å². The predicted octanol–water partition coefficient (Wildman–Crippen LogP) is 1.24. The van der Waals surface area contributed by atoms with Crippen molar-refractivity contribution in [3.05, 3.63) is 27.8 Å². The number of benzene rings is 1. The molecule has 0 fully saturated rings. The van der Waals surface area contributed by atoms with Crippen LogP contribution in [0.2, 0.25) is 0 Å². The van der Waals surface area contributed by atoms with E-state index in [1.54, 1.807) is 0 Å². The molecule has 7 heteroatoms. The van der Waals surface area contributed by atoms with E-state index in [0.29, 0.717) is 0 Å². The van der Waals surface area contributed by atoms with E-state index in [9.17, 15) is 14.9 Å². The second-order valence-electron chi connectivity index (χ2n) is 3.18. The Morgan fingerprint density at radius 1 is 1.41 bits per heavy atom. The molecule has 1 rings (SSSR count). The van der Waals surface area contributed by atoms with Crippen molar-refractivity contribution in [2.75, 3.05) is 14.2 Å². The summed E-state index contributed by atoms with van der Waals surface area (Å²) in [4.78, 5) is 20.7. The molecule has 0 atom stereocenters. The highest BCUT2D eigenvalue weighted by molar-refractivity contribution is 5.72. The van der Waals surface area contributed by atoms with E-state index in [1.807, 2.05) is 0 Å². The number of nitro benzene ring substituents is 1. The Hall–Kier alpha value is -2.31. The Bertz CT molecular complexity index is 456. The van der Waals surface area contributed by atoms with Crippen molar-refractivity contribution in [3.63, 3.8) is 0 Å². The molecule has 0 bridgehead atoms. The lowest BCUT2D eigenvalue weighted by Crippen LogP contribution is -2.03. The number of nitrogens with zero attached hydrogens (tertiary/aromatic N) is 1. The first-order valence-corrected chi connectivity index (χ1v) is 4.60. The molecule has 0 amide bonds. The van der Waals surface area contributed by atoms with Gasteiger partial charge in [-0.05, 0) is 11.6 Å². The van der Waals surface area contributed by atoms with Crippen molar-refractivity contribution in [3.8, 4) is 11.5 Å². The molecule has 1 aromatic rings. The van der Waals surface area contributed by atoms with Gasteiger partial charge in [-0.15, -0.1) is 0 Å². The molecule has 1 aromatic carbocycles. The van der Waals surface area contributed by atoms with E-state index in [0.717, 1.165) is 6.07 Å². The van der Waals surface area contributed by atoms with Gasteiger partial charge in [0.2, 0.25) is 5.75 Å². The molecule has 0 saturated carbocycles. The summed E-state index contributed by atoms with van der Waals surface area (Å²) in [5.74, 6) is -0.962. The van der Waals surface area contributed by atoms with Gasteiger partial charge < -0.3 is 14.6 Å². The first-order chi connectivity index (χ1) is 7.99. The number of hydrogen-bond donors (Lipinski definition) is 1. The fourth-order valence-corrected chi connectivity index (χ4v) is 1.41. The summed E-state index contributed by atoms with van der Waals surface area (Å²) in [7, 11) is 2.61. The van der Waals surface area contributed by atoms with Crippen molar-refractivity contribution in [1.82, 2.24) is 0 Å². The maximum absolute atomic E-state index is 10.8. The number of hydrogen-bond acceptors (Lipinski definition) is 5. The molecular weight excluding hydrogens is 230 g/mol. The third-order valence-electron chi connectivity index (χ3n) is 2.07. The zero-order valence-corrected chi connectivity index (χ0v) is 9.30. The van der Waals surface area contributed by atoms with Gasteiger partial charge in [-0.2, -0.15) is 0 Å². The van der Waals surface area contributed by atoms with Crippen LogP contribution in [-0.4, -0.2) is 30.2 Å². The third kappa shape index (κ3) is 2.83. The molecule has 92 valence electrons. The van der Waals surface area contributed by atoms with E-state index in [-0.39, 0.29) is 29.2 Å². The Morgan fingerprint density at radius 3 is 2.47 bits per heavy atom. The fraction of sp³-hybridized carbons (Fsp3) is 0.300. The quantitative estimate of drug-likeness (QED) is 0.615. The summed E-state index contributed by atoms with van der Waals surface area (Å²) >= 11 is 0. The number of carboxylic acids is 1. The van der Waals surface area contributed by atoms with Gasteiger partial charge in [-0.3, -0.25) is 14.9 Å². The largest absolute Gasteiger partial charge is 0.493 e. The van der Waals surface area contributed by atoms with Crippen molar-refractivity contribution in [2.24, 2.45) is 0 Å². The van der Waals surface area contributed by atoms with Crippen molar-refractivity contribution in [2.45, 2.75) is 6.42 Å². The summed E-state index contributed by atoms with van der Waals surface area (Å²) in [5, 5.41) is 19.5. The molecule has 0 aliphatic carbocycles. The summed E-state index contributed by atoms with van der Waals surface area (Å²) in [5.41, 5.74) is -0.0371. The standard InChI is InChI=1S/C10H11NO6/c1-16-8-4-6(5-9(12)13)3-7(11(14)15)10(8)17-2/h3-4H,5H2,1-2H3,(H,12,13). The smallest absolute Gasteiger partial charge is 0.315 e. The van der Waals surface area contributed by atoms with Crippen LogP contribution in [0, 0.1) is 10.1 Å². The number of methoxy groups -OCH3 is 2. The van der Waals surface area contributed by atoms with Crippen LogP contribution < -0.4 is 9.47 Å². The lowest BCUT2D eigenvalue weighted by molar-refractivity contribution is -0.385. The fourth-order valence-electron chi connectivity index (χ4n) is 1.41. The third-order valence-corrected chi connectivity index (χ3v) is 2.07. The lowest BCUT2D eigenvalue weighted by atomic mass is 10.1. The lowest BCUT2D eigenvalue weighted by Gasteiger charge is -2.09. The summed E-state index contributed by atoms with van der Waals surface area (Å²) < 4.78 is 9.80. The van der Waals surface area contributed by atoms with Crippen LogP contribution in [0.1, 0.15) is 5.56 Å². The Morgan fingerprint density at radius 2 is 2.06 bits per heavy atom. The molecule has 0 spiro atoms. The number of ether oxygens (including phenoxy) is 2. The minimum atomic E-state index is -1.08. The molecule has 1 N–H and O–H groups in total. The molecule has 0 aromatic heterocycles. The van der Waals surface area contributed by atoms with Gasteiger partial charge in [0.25, 0.3) is 0 Å². The number of carbonyl (C=O) groups is 1. The van der Waals surface area contributed by atoms with Crippen LogP contribution in [0.4, 0.5) is 5.69 Å². The van der Waals surface area contributed by atoms with E-state index < -0.39 is 10.9 Å². The van der Waals surface area contributed by atoms with Gasteiger partial charge >= 0.3 is 11.7 Å². The highest BCUT2D eigenvalue weighted by Crippen LogP contribution is 2.37. The number of aliphatic carboxylic acids is 1. The van der Waals surface area contributed by atoms with Gasteiger partial charge in [0, 0.05) is 6.07 Å². The molecule has 0 saturated heterocycles. The SMILES string of the molecule is COc1cc(CC(=O)O)cc([N+](=O)[O-])c1OC. The first-order valence-electron chi connectivity index (χ1n) is 4.60. The Labute approximate surface area is 96.7 Å². The summed E-state index contributed by atoms with van der Waals surface area (Å²) in [6, 6.07) is 2.56. The van der Waals surface area contributed by atoms with Crippen LogP contribution in [0.15, 0.2) is 12.1 Å². The minimum absolute atomic E-state index is 0.0216. The van der Waals surface area contributed by atoms with E-state index in [2.05, 4.69) is 0 Å². The normalized spacial score (nSPS) is 9.76. The Kier molecular flexibility index (Phi) is 3.86. The molecule has 0 heterocycles. The second-order valence-corrected chi connectivity index (χ2v) is 3.18. The van der Waals surface area contributed by atoms with Gasteiger partial charge in [-0.25, -0.2) is 0 Å². The van der Waals surface area contributed by atoms with Gasteiger partial charge in [0.1, 0.15) is 0 Å². The zero-order chi connectivity index (χ0) is 13.0. The molecular formula is C10H11NO6. The van der Waals surface area contributed by atoms with Gasteiger partial charge in [0.15, 0.2) is 5.75 Å². The van der Waals surface area contributed by atoms with Crippen LogP contribution in [-0.2, 0) is 11.2 Å². The monoisotopic (exact) mass is 241 g/mol. The maximum atomic E-state index is 10.8. The average molecular weight is 241 g/mol. The number of nitro groups is 1. The van der Waals surface area contributed by atoms with Crippen LogP contribution >= 0.6 is 0 Å². The van der Waals surface area contributed by atoms with E-state index in [4.69, 9.17) is 14.6 Å². The van der Waals surface area contributed by atoms with Crippen LogP contribution in [0.25, 0.3) is 0 Å². The van der Waals surface area contributed by atoms with Crippen LogP contribution in [0.5, 0.6) is 11.5 Å². The predicted molar refractivity (Wildman–Crippen MR) is 57.5 cm³/mol. The highest BCUT2D eigenvalue weighted by atomic mass is 16.6. The molecule has 0 unspecified atom stereocenters. The highest BCUT2D eigenvalue weighted by Gasteiger charge is 2.22. The molecule has 0 aliphatic heterocycles. The molecule has 7 nitrogen and oxygen atoms in total. The van der Waals surface area contributed by atoms with Crippen molar-refractivity contribution >= 4 is 11.7 Å². The van der Waals surface area contributed by atoms with E-state index in [1.165, 1.54) is 20.3 Å². The number of carboxylic acid groups (broad SMARTS) is 1. The molecule has 0 radical (unpaired) electrons. The molecule has 0 aliphatic rings. The second kappa shape index (κ2) is 5.15. The molecule has 17 heavy (non-hydrogen) atoms. The zero-order valence-electron chi connectivity index (χ0n) is 9.30. The van der Waals surface area contributed by atoms with Crippen molar-refractivity contribution in [1.29, 1.82) is 0 Å². The Balaban J connectivity index is 3.34. The van der Waals surface area contributed by atoms with E-state index >= 15 is 0 Å². The number of rotatable bonds is 5. The van der Waals surface area contributed by atoms with Crippen molar-refractivity contribution < 1.29 is 24.3 Å². The van der Waals surface area contributed by atoms with Gasteiger partial charge in [0.05, 0.1) is 25.6 Å². The van der Waals surface area contributed by atoms with Gasteiger partial charge in [-0.1, -0.05) is 0 Å². The summed E-state index contributed by atoms with van der Waals surface area (Å²) in [6.45, 7) is 0. The average Bonchev–Trinajstić information content (AvgIpc) is 2.26. The van der Waals surface area contributed by atoms with Crippen LogP contribution in [0.3, 0.4) is 0 Å². The first kappa shape index (κ1) is 12.8. The summed E-state index contributed by atoms with van der Waals surface area (Å²) in [6.07, 6.45) is -0.318. The minimum Gasteiger partial charge on any atom is -0.493 e. The maximum Gasteiger partial charge on any atom is 0.315 e.